The van der Waals surface area contributed by atoms with Crippen LogP contribution in [0, 0.1) is 13.8 Å². The van der Waals surface area contributed by atoms with Gasteiger partial charge in [0.2, 0.25) is 0 Å². The van der Waals surface area contributed by atoms with Crippen LogP contribution in [-0.2, 0) is 6.42 Å². The van der Waals surface area contributed by atoms with Gasteiger partial charge in [-0.2, -0.15) is 5.10 Å². The minimum atomic E-state index is 0.252. The molecule has 2 aromatic rings. The highest BCUT2D eigenvalue weighted by Crippen LogP contribution is 2.16. The van der Waals surface area contributed by atoms with E-state index in [1.54, 1.807) is 0 Å². The Morgan fingerprint density at radius 1 is 1.28 bits per heavy atom. The second-order valence-corrected chi connectivity index (χ2v) is 4.89. The van der Waals surface area contributed by atoms with Gasteiger partial charge < -0.3 is 5.73 Å². The first-order valence-electron chi connectivity index (χ1n) is 6.48. The third-order valence-corrected chi connectivity index (χ3v) is 3.25. The number of benzene rings is 1. The summed E-state index contributed by atoms with van der Waals surface area (Å²) < 4.78 is 1.92. The average Bonchev–Trinajstić information content (AvgIpc) is 2.75. The van der Waals surface area contributed by atoms with Crippen LogP contribution in [0.25, 0.3) is 5.69 Å². The zero-order valence-electron chi connectivity index (χ0n) is 11.4. The molecule has 3 heteroatoms. The molecule has 96 valence electrons. The lowest BCUT2D eigenvalue weighted by Gasteiger charge is -2.12. The number of nitrogens with two attached hydrogens (primary N) is 1. The van der Waals surface area contributed by atoms with Crippen LogP contribution in [0.3, 0.4) is 0 Å². The Bertz CT molecular complexity index is 528. The molecule has 0 saturated carbocycles. The Labute approximate surface area is 109 Å². The highest BCUT2D eigenvalue weighted by Gasteiger charge is 2.06. The summed E-state index contributed by atoms with van der Waals surface area (Å²) in [7, 11) is 0. The summed E-state index contributed by atoms with van der Waals surface area (Å²) in [5.74, 6) is 0. The molecule has 0 radical (unpaired) electrons. The summed E-state index contributed by atoms with van der Waals surface area (Å²) in [5, 5.41) is 4.44. The number of aromatic nitrogens is 2. The van der Waals surface area contributed by atoms with Crippen molar-refractivity contribution in [1.82, 2.24) is 9.78 Å². The van der Waals surface area contributed by atoms with E-state index in [4.69, 9.17) is 5.73 Å². The Balaban J connectivity index is 2.25. The standard InChI is InChI=1S/C15H21N3/c1-4-14(16)10-13-5-6-15(11(2)9-13)18-8-7-12(3)17-18/h5-9,14H,4,10,16H2,1-3H3. The van der Waals surface area contributed by atoms with Gasteiger partial charge in [-0.05, 0) is 49.9 Å². The maximum absolute atomic E-state index is 5.99. The summed E-state index contributed by atoms with van der Waals surface area (Å²) >= 11 is 0. The van der Waals surface area contributed by atoms with Crippen LogP contribution >= 0.6 is 0 Å². The lowest BCUT2D eigenvalue weighted by molar-refractivity contribution is 0.646. The number of nitrogens with zero attached hydrogens (tertiary/aromatic N) is 2. The SMILES string of the molecule is CCC(N)Cc1ccc(-n2ccc(C)n2)c(C)c1. The van der Waals surface area contributed by atoms with Gasteiger partial charge in [-0.1, -0.05) is 19.1 Å². The fourth-order valence-corrected chi connectivity index (χ4v) is 2.10. The predicted octanol–water partition coefficient (Wildman–Crippen LogP) is 2.77. The molecule has 1 aromatic carbocycles. The van der Waals surface area contributed by atoms with E-state index in [1.165, 1.54) is 11.1 Å². The van der Waals surface area contributed by atoms with Crippen LogP contribution in [0.4, 0.5) is 0 Å². The normalized spacial score (nSPS) is 12.7. The van der Waals surface area contributed by atoms with Crippen molar-refractivity contribution in [1.29, 1.82) is 0 Å². The Morgan fingerprint density at radius 3 is 2.61 bits per heavy atom. The Hall–Kier alpha value is -1.61. The quantitative estimate of drug-likeness (QED) is 0.897. The molecule has 2 rings (SSSR count). The summed E-state index contributed by atoms with van der Waals surface area (Å²) in [4.78, 5) is 0. The molecule has 2 N–H and O–H groups in total. The van der Waals surface area contributed by atoms with Crippen molar-refractivity contribution in [3.63, 3.8) is 0 Å². The van der Waals surface area contributed by atoms with E-state index < -0.39 is 0 Å². The molecule has 3 nitrogen and oxygen atoms in total. The summed E-state index contributed by atoms with van der Waals surface area (Å²) in [5.41, 5.74) is 10.7. The van der Waals surface area contributed by atoms with Crippen LogP contribution in [-0.4, -0.2) is 15.8 Å². The molecule has 0 fully saturated rings. The molecule has 1 unspecified atom stereocenters. The van der Waals surface area contributed by atoms with Gasteiger partial charge in [0.25, 0.3) is 0 Å². The molecule has 1 heterocycles. The Kier molecular flexibility index (Phi) is 3.82. The average molecular weight is 243 g/mol. The third kappa shape index (κ3) is 2.79. The smallest absolute Gasteiger partial charge is 0.0674 e. The van der Waals surface area contributed by atoms with E-state index in [0.717, 1.165) is 24.2 Å². The molecule has 0 bridgehead atoms. The number of aryl methyl sites for hydroxylation is 2. The summed E-state index contributed by atoms with van der Waals surface area (Å²) in [6.45, 7) is 6.24. The van der Waals surface area contributed by atoms with E-state index in [-0.39, 0.29) is 6.04 Å². The second kappa shape index (κ2) is 5.36. The van der Waals surface area contributed by atoms with E-state index in [0.29, 0.717) is 0 Å². The van der Waals surface area contributed by atoms with Crippen LogP contribution in [0.5, 0.6) is 0 Å². The largest absolute Gasteiger partial charge is 0.327 e. The summed E-state index contributed by atoms with van der Waals surface area (Å²) in [6.07, 6.45) is 3.95. The van der Waals surface area contributed by atoms with Crippen LogP contribution in [0.15, 0.2) is 30.5 Å². The van der Waals surface area contributed by atoms with E-state index in [1.807, 2.05) is 23.9 Å². The first kappa shape index (κ1) is 12.8. The predicted molar refractivity (Wildman–Crippen MR) is 75.0 cm³/mol. The van der Waals surface area contributed by atoms with E-state index in [9.17, 15) is 0 Å². The van der Waals surface area contributed by atoms with Gasteiger partial charge in [0.1, 0.15) is 0 Å². The summed E-state index contributed by atoms with van der Waals surface area (Å²) in [6, 6.07) is 8.75. The maximum atomic E-state index is 5.99. The van der Waals surface area contributed by atoms with Crippen LogP contribution in [0.2, 0.25) is 0 Å². The number of hydrogen-bond donors (Lipinski definition) is 1. The van der Waals surface area contributed by atoms with Crippen molar-refractivity contribution in [3.8, 4) is 5.69 Å². The van der Waals surface area contributed by atoms with E-state index in [2.05, 4.69) is 37.1 Å². The fraction of sp³-hybridized carbons (Fsp3) is 0.400. The topological polar surface area (TPSA) is 43.8 Å². The lowest BCUT2D eigenvalue weighted by Crippen LogP contribution is -2.21. The number of rotatable bonds is 4. The van der Waals surface area contributed by atoms with Crippen molar-refractivity contribution in [2.45, 2.75) is 39.7 Å². The van der Waals surface area contributed by atoms with Crippen molar-refractivity contribution in [2.75, 3.05) is 0 Å². The second-order valence-electron chi connectivity index (χ2n) is 4.89. The van der Waals surface area contributed by atoms with Gasteiger partial charge in [-0.25, -0.2) is 4.68 Å². The van der Waals surface area contributed by atoms with Gasteiger partial charge in [-0.3, -0.25) is 0 Å². The first-order chi connectivity index (χ1) is 8.60. The molecule has 0 saturated heterocycles. The van der Waals surface area contributed by atoms with Crippen molar-refractivity contribution < 1.29 is 0 Å². The molecule has 1 aromatic heterocycles. The molecule has 1 atom stereocenters. The molecular weight excluding hydrogens is 222 g/mol. The minimum Gasteiger partial charge on any atom is -0.327 e. The zero-order chi connectivity index (χ0) is 13.1. The molecule has 0 spiro atoms. The lowest BCUT2D eigenvalue weighted by atomic mass is 10.0. The van der Waals surface area contributed by atoms with Crippen molar-refractivity contribution >= 4 is 0 Å². The van der Waals surface area contributed by atoms with Crippen LogP contribution in [0.1, 0.15) is 30.2 Å². The minimum absolute atomic E-state index is 0.252. The molecule has 0 amide bonds. The molecule has 18 heavy (non-hydrogen) atoms. The van der Waals surface area contributed by atoms with Crippen molar-refractivity contribution in [2.24, 2.45) is 5.73 Å². The molecule has 0 aliphatic rings. The van der Waals surface area contributed by atoms with Gasteiger partial charge in [0.15, 0.2) is 0 Å². The fourth-order valence-electron chi connectivity index (χ4n) is 2.10. The molecule has 0 aliphatic carbocycles. The molecule has 0 aliphatic heterocycles. The zero-order valence-corrected chi connectivity index (χ0v) is 11.4. The van der Waals surface area contributed by atoms with Gasteiger partial charge in [0, 0.05) is 12.2 Å². The van der Waals surface area contributed by atoms with Gasteiger partial charge in [-0.15, -0.1) is 0 Å². The van der Waals surface area contributed by atoms with E-state index >= 15 is 0 Å². The highest BCUT2D eigenvalue weighted by molar-refractivity contribution is 5.42. The number of hydrogen-bond acceptors (Lipinski definition) is 2. The first-order valence-corrected chi connectivity index (χ1v) is 6.48. The van der Waals surface area contributed by atoms with Crippen LogP contribution < -0.4 is 5.73 Å². The Morgan fingerprint density at radius 2 is 2.06 bits per heavy atom. The third-order valence-electron chi connectivity index (χ3n) is 3.25. The molecular formula is C15H21N3. The van der Waals surface area contributed by atoms with Gasteiger partial charge in [0.05, 0.1) is 11.4 Å². The monoisotopic (exact) mass is 243 g/mol. The highest BCUT2D eigenvalue weighted by atomic mass is 15.3. The van der Waals surface area contributed by atoms with Crippen molar-refractivity contribution in [3.05, 3.63) is 47.3 Å². The van der Waals surface area contributed by atoms with Gasteiger partial charge >= 0.3 is 0 Å². The maximum Gasteiger partial charge on any atom is 0.0674 e.